The molecule has 1 N–H and O–H groups in total. The molecule has 31 heavy (non-hydrogen) atoms. The summed E-state index contributed by atoms with van der Waals surface area (Å²) in [5.74, 6) is 0.809. The van der Waals surface area contributed by atoms with Crippen LogP contribution in [0.15, 0.2) is 59.8 Å². The Hall–Kier alpha value is -3.25. The molecule has 1 aliphatic carbocycles. The van der Waals surface area contributed by atoms with E-state index < -0.39 is 6.10 Å². The highest BCUT2D eigenvalue weighted by molar-refractivity contribution is 6.04. The number of benzene rings is 2. The summed E-state index contributed by atoms with van der Waals surface area (Å²) in [6.07, 6.45) is 7.03. The summed E-state index contributed by atoms with van der Waals surface area (Å²) in [7, 11) is 1.65. The van der Waals surface area contributed by atoms with Gasteiger partial charge in [-0.1, -0.05) is 25.0 Å². The Labute approximate surface area is 180 Å². The molecular weight excluding hydrogens is 390 g/mol. The van der Waals surface area contributed by atoms with Crippen LogP contribution in [-0.4, -0.2) is 32.9 Å². The summed E-state index contributed by atoms with van der Waals surface area (Å²) in [6.45, 7) is 0. The molecule has 0 saturated heterocycles. The number of ether oxygens (including phenoxy) is 1. The summed E-state index contributed by atoms with van der Waals surface area (Å²) >= 11 is 0. The van der Waals surface area contributed by atoms with Gasteiger partial charge in [-0.2, -0.15) is 0 Å². The van der Waals surface area contributed by atoms with Gasteiger partial charge in [0.2, 0.25) is 0 Å². The topological polar surface area (TPSA) is 77.2 Å². The van der Waals surface area contributed by atoms with Gasteiger partial charge < -0.3 is 9.84 Å². The first-order chi connectivity index (χ1) is 15.2. The Kier molecular flexibility index (Phi) is 5.16. The Morgan fingerprint density at radius 2 is 1.87 bits per heavy atom. The summed E-state index contributed by atoms with van der Waals surface area (Å²) in [5.41, 5.74) is 3.51. The molecule has 1 aliphatic rings. The molecule has 6 heteroatoms. The number of aliphatic hydroxyl groups excluding tert-OH is 1. The van der Waals surface area contributed by atoms with Crippen LogP contribution in [0.5, 0.6) is 5.75 Å². The van der Waals surface area contributed by atoms with E-state index in [1.165, 1.54) is 0 Å². The number of pyridine rings is 1. The number of aromatic nitrogens is 3. The zero-order valence-corrected chi connectivity index (χ0v) is 17.5. The maximum atomic E-state index is 13.5. The number of aliphatic hydroxyl groups is 1. The first-order valence-corrected chi connectivity index (χ1v) is 10.7. The molecule has 2 heterocycles. The van der Waals surface area contributed by atoms with E-state index in [0.717, 1.165) is 53.5 Å². The molecule has 0 bridgehead atoms. The second-order valence-electron chi connectivity index (χ2n) is 8.23. The van der Waals surface area contributed by atoms with E-state index in [0.29, 0.717) is 17.3 Å². The highest BCUT2D eigenvalue weighted by Crippen LogP contribution is 2.30. The molecular formula is C25H25N3O3. The average Bonchev–Trinajstić information content (AvgIpc) is 2.81. The van der Waals surface area contributed by atoms with Gasteiger partial charge in [-0.05, 0) is 60.7 Å². The summed E-state index contributed by atoms with van der Waals surface area (Å²) in [5, 5.41) is 11.9. The first kappa shape index (κ1) is 19.7. The van der Waals surface area contributed by atoms with Crippen molar-refractivity contribution in [2.45, 2.75) is 44.2 Å². The van der Waals surface area contributed by atoms with E-state index in [-0.39, 0.29) is 11.6 Å². The van der Waals surface area contributed by atoms with Crippen LogP contribution >= 0.6 is 0 Å². The van der Waals surface area contributed by atoms with Crippen LogP contribution in [0.3, 0.4) is 0 Å². The average molecular weight is 415 g/mol. The van der Waals surface area contributed by atoms with E-state index in [4.69, 9.17) is 4.74 Å². The van der Waals surface area contributed by atoms with E-state index in [2.05, 4.69) is 9.97 Å². The molecule has 0 radical (unpaired) electrons. The summed E-state index contributed by atoms with van der Waals surface area (Å²) in [6, 6.07) is 13.5. The van der Waals surface area contributed by atoms with Crippen molar-refractivity contribution >= 4 is 21.8 Å². The largest absolute Gasteiger partial charge is 0.497 e. The number of hydrogen-bond donors (Lipinski definition) is 1. The van der Waals surface area contributed by atoms with Crippen molar-refractivity contribution in [1.29, 1.82) is 0 Å². The van der Waals surface area contributed by atoms with Crippen LogP contribution in [0.2, 0.25) is 0 Å². The SMILES string of the molecule is COc1ccc(Cc2cc3c(=O)n([C@H]4CCCC[C@@H]4O)cnc3c3cccnc23)cc1. The van der Waals surface area contributed by atoms with Crippen LogP contribution in [0, 0.1) is 0 Å². The molecule has 2 atom stereocenters. The van der Waals surface area contributed by atoms with Crippen molar-refractivity contribution in [1.82, 2.24) is 14.5 Å². The normalized spacial score (nSPS) is 19.0. The van der Waals surface area contributed by atoms with Crippen LogP contribution in [0.4, 0.5) is 0 Å². The van der Waals surface area contributed by atoms with Gasteiger partial charge in [0.15, 0.2) is 0 Å². The van der Waals surface area contributed by atoms with Crippen LogP contribution in [0.25, 0.3) is 21.8 Å². The predicted molar refractivity (Wildman–Crippen MR) is 121 cm³/mol. The van der Waals surface area contributed by atoms with Crippen molar-refractivity contribution < 1.29 is 9.84 Å². The lowest BCUT2D eigenvalue weighted by Crippen LogP contribution is -2.34. The van der Waals surface area contributed by atoms with Crippen molar-refractivity contribution in [2.75, 3.05) is 7.11 Å². The molecule has 0 spiro atoms. The molecule has 2 aromatic heterocycles. The Bertz CT molecular complexity index is 1300. The van der Waals surface area contributed by atoms with Gasteiger partial charge in [-0.3, -0.25) is 14.3 Å². The molecule has 2 aromatic carbocycles. The second-order valence-corrected chi connectivity index (χ2v) is 8.23. The maximum Gasteiger partial charge on any atom is 0.261 e. The number of methoxy groups -OCH3 is 1. The fraction of sp³-hybridized carbons (Fsp3) is 0.320. The number of nitrogens with zero attached hydrogens (tertiary/aromatic N) is 3. The highest BCUT2D eigenvalue weighted by Gasteiger charge is 2.26. The third-order valence-electron chi connectivity index (χ3n) is 6.32. The van der Waals surface area contributed by atoms with Crippen LogP contribution in [-0.2, 0) is 6.42 Å². The van der Waals surface area contributed by atoms with Crippen molar-refractivity contribution in [2.24, 2.45) is 0 Å². The maximum absolute atomic E-state index is 13.5. The lowest BCUT2D eigenvalue weighted by molar-refractivity contribution is 0.0735. The summed E-state index contributed by atoms with van der Waals surface area (Å²) in [4.78, 5) is 22.7. The van der Waals surface area contributed by atoms with Crippen molar-refractivity contribution in [3.63, 3.8) is 0 Å². The molecule has 5 rings (SSSR count). The minimum Gasteiger partial charge on any atom is -0.497 e. The predicted octanol–water partition coefficient (Wildman–Crippen LogP) is 4.02. The Morgan fingerprint density at radius 1 is 1.06 bits per heavy atom. The molecule has 6 nitrogen and oxygen atoms in total. The van der Waals surface area contributed by atoms with E-state index >= 15 is 0 Å². The molecule has 4 aromatic rings. The standard InChI is InChI=1S/C25H25N3O3/c1-31-18-10-8-16(9-11-18)13-17-14-20-24(19-5-4-12-26-23(17)19)27-15-28(25(20)30)21-6-2-3-7-22(21)29/h4-5,8-12,14-15,21-22,29H,2-3,6-7,13H2,1H3/t21-,22-/m0/s1. The van der Waals surface area contributed by atoms with Gasteiger partial charge in [0, 0.05) is 11.6 Å². The van der Waals surface area contributed by atoms with Crippen LogP contribution in [0.1, 0.15) is 42.9 Å². The molecule has 1 fully saturated rings. The van der Waals surface area contributed by atoms with Gasteiger partial charge in [0.25, 0.3) is 5.56 Å². The molecule has 1 saturated carbocycles. The highest BCUT2D eigenvalue weighted by atomic mass is 16.5. The Morgan fingerprint density at radius 3 is 2.65 bits per heavy atom. The smallest absolute Gasteiger partial charge is 0.261 e. The zero-order valence-electron chi connectivity index (χ0n) is 17.5. The first-order valence-electron chi connectivity index (χ1n) is 10.7. The Balaban J connectivity index is 1.67. The summed E-state index contributed by atoms with van der Waals surface area (Å²) < 4.78 is 6.89. The zero-order chi connectivity index (χ0) is 21.4. The molecule has 0 aliphatic heterocycles. The lowest BCUT2D eigenvalue weighted by atomic mass is 9.92. The molecule has 158 valence electrons. The monoisotopic (exact) mass is 415 g/mol. The van der Waals surface area contributed by atoms with Crippen molar-refractivity contribution in [3.8, 4) is 5.75 Å². The van der Waals surface area contributed by atoms with E-state index in [9.17, 15) is 9.90 Å². The van der Waals surface area contributed by atoms with Gasteiger partial charge in [0.1, 0.15) is 5.75 Å². The minimum absolute atomic E-state index is 0.0994. The van der Waals surface area contributed by atoms with Gasteiger partial charge >= 0.3 is 0 Å². The fourth-order valence-electron chi connectivity index (χ4n) is 4.67. The lowest BCUT2D eigenvalue weighted by Gasteiger charge is -2.29. The van der Waals surface area contributed by atoms with Gasteiger partial charge in [-0.15, -0.1) is 0 Å². The third kappa shape index (κ3) is 3.57. The van der Waals surface area contributed by atoms with Gasteiger partial charge in [0.05, 0.1) is 42.0 Å². The van der Waals surface area contributed by atoms with Crippen LogP contribution < -0.4 is 10.3 Å². The second kappa shape index (κ2) is 8.12. The number of rotatable bonds is 4. The van der Waals surface area contributed by atoms with E-state index in [1.807, 2.05) is 42.5 Å². The number of fused-ring (bicyclic) bond motifs is 3. The minimum atomic E-state index is -0.508. The fourth-order valence-corrected chi connectivity index (χ4v) is 4.67. The van der Waals surface area contributed by atoms with Crippen molar-refractivity contribution in [3.05, 3.63) is 76.5 Å². The molecule has 0 unspecified atom stereocenters. The quantitative estimate of drug-likeness (QED) is 0.510. The van der Waals surface area contributed by atoms with Gasteiger partial charge in [-0.25, -0.2) is 4.98 Å². The molecule has 0 amide bonds. The third-order valence-corrected chi connectivity index (χ3v) is 6.32. The van der Waals surface area contributed by atoms with E-state index in [1.54, 1.807) is 24.2 Å². The number of hydrogen-bond acceptors (Lipinski definition) is 5.